The average Bonchev–Trinajstić information content (AvgIpc) is 2.93. The highest BCUT2D eigenvalue weighted by Crippen LogP contribution is 2.18. The zero-order valence-electron chi connectivity index (χ0n) is 10.5. The van der Waals surface area contributed by atoms with E-state index in [1.54, 1.807) is 24.7 Å². The largest absolute Gasteiger partial charge is 0.478 e. The van der Waals surface area contributed by atoms with E-state index in [2.05, 4.69) is 10.1 Å². The number of carbonyl (C=O) groups is 1. The molecule has 0 saturated carbocycles. The van der Waals surface area contributed by atoms with Crippen LogP contribution in [0.3, 0.4) is 0 Å². The molecular formula is C13H12N4O2. The molecule has 96 valence electrons. The van der Waals surface area contributed by atoms with Gasteiger partial charge in [-0.3, -0.25) is 4.40 Å². The Morgan fingerprint density at radius 3 is 2.79 bits per heavy atom. The standard InChI is InChI=1S/C13H12N4O2/c1-8-12(13(18)19)9(2)17(15-8)11-5-3-4-10-14-6-7-16(10)11/h3-7H,1-2H3,(H,18,19). The van der Waals surface area contributed by atoms with E-state index in [-0.39, 0.29) is 5.56 Å². The predicted molar refractivity (Wildman–Crippen MR) is 68.7 cm³/mol. The van der Waals surface area contributed by atoms with Crippen molar-refractivity contribution in [2.45, 2.75) is 13.8 Å². The van der Waals surface area contributed by atoms with E-state index in [9.17, 15) is 9.90 Å². The monoisotopic (exact) mass is 256 g/mol. The van der Waals surface area contributed by atoms with Crippen LogP contribution in [0.2, 0.25) is 0 Å². The van der Waals surface area contributed by atoms with Gasteiger partial charge < -0.3 is 5.11 Å². The lowest BCUT2D eigenvalue weighted by molar-refractivity contribution is 0.0695. The molecule has 1 N–H and O–H groups in total. The summed E-state index contributed by atoms with van der Waals surface area (Å²) in [6.07, 6.45) is 3.52. The van der Waals surface area contributed by atoms with Gasteiger partial charge in [0, 0.05) is 12.4 Å². The third kappa shape index (κ3) is 1.61. The van der Waals surface area contributed by atoms with Crippen molar-refractivity contribution in [3.05, 3.63) is 47.5 Å². The van der Waals surface area contributed by atoms with Gasteiger partial charge in [0.2, 0.25) is 0 Å². The summed E-state index contributed by atoms with van der Waals surface area (Å²) in [5, 5.41) is 13.5. The van der Waals surface area contributed by atoms with Gasteiger partial charge in [-0.05, 0) is 26.0 Å². The normalized spacial score (nSPS) is 11.1. The number of carboxylic acid groups (broad SMARTS) is 1. The molecule has 0 aromatic carbocycles. The summed E-state index contributed by atoms with van der Waals surface area (Å²) in [5.74, 6) is -0.192. The van der Waals surface area contributed by atoms with Crippen LogP contribution in [0.5, 0.6) is 0 Å². The zero-order valence-corrected chi connectivity index (χ0v) is 10.5. The Hall–Kier alpha value is -2.63. The Morgan fingerprint density at radius 1 is 1.32 bits per heavy atom. The summed E-state index contributed by atoms with van der Waals surface area (Å²) in [5.41, 5.74) is 2.15. The lowest BCUT2D eigenvalue weighted by Gasteiger charge is -2.07. The van der Waals surface area contributed by atoms with Crippen molar-refractivity contribution in [3.8, 4) is 5.82 Å². The first-order valence-electron chi connectivity index (χ1n) is 5.81. The molecule has 3 aromatic rings. The van der Waals surface area contributed by atoms with Crippen molar-refractivity contribution < 1.29 is 9.90 Å². The van der Waals surface area contributed by atoms with Crippen LogP contribution in [-0.4, -0.2) is 30.2 Å². The number of rotatable bonds is 2. The quantitative estimate of drug-likeness (QED) is 0.759. The van der Waals surface area contributed by atoms with E-state index in [4.69, 9.17) is 0 Å². The van der Waals surface area contributed by atoms with Crippen LogP contribution < -0.4 is 0 Å². The number of aromatic nitrogens is 4. The summed E-state index contributed by atoms with van der Waals surface area (Å²) in [6.45, 7) is 3.44. The van der Waals surface area contributed by atoms with E-state index in [0.717, 1.165) is 11.5 Å². The number of hydrogen-bond donors (Lipinski definition) is 1. The van der Waals surface area contributed by atoms with Crippen molar-refractivity contribution in [1.29, 1.82) is 0 Å². The number of pyridine rings is 1. The van der Waals surface area contributed by atoms with Crippen molar-refractivity contribution in [2.24, 2.45) is 0 Å². The Balaban J connectivity index is 2.31. The molecular weight excluding hydrogens is 244 g/mol. The molecule has 0 atom stereocenters. The molecule has 0 fully saturated rings. The molecule has 3 heterocycles. The maximum Gasteiger partial charge on any atom is 0.339 e. The van der Waals surface area contributed by atoms with Crippen LogP contribution >= 0.6 is 0 Å². The summed E-state index contributed by atoms with van der Waals surface area (Å²) in [4.78, 5) is 15.4. The first kappa shape index (κ1) is 11.5. The number of aryl methyl sites for hydroxylation is 1. The molecule has 0 bridgehead atoms. The Kier molecular flexibility index (Phi) is 2.38. The van der Waals surface area contributed by atoms with Crippen LogP contribution in [0.25, 0.3) is 11.5 Å². The first-order valence-corrected chi connectivity index (χ1v) is 5.81. The highest BCUT2D eigenvalue weighted by Gasteiger charge is 2.19. The van der Waals surface area contributed by atoms with E-state index >= 15 is 0 Å². The van der Waals surface area contributed by atoms with Gasteiger partial charge in [0.05, 0.1) is 11.4 Å². The van der Waals surface area contributed by atoms with E-state index in [0.29, 0.717) is 11.4 Å². The minimum absolute atomic E-state index is 0.247. The lowest BCUT2D eigenvalue weighted by Crippen LogP contribution is -2.06. The number of nitrogens with zero attached hydrogens (tertiary/aromatic N) is 4. The Bertz CT molecular complexity index is 785. The molecule has 0 saturated heterocycles. The minimum atomic E-state index is -0.959. The lowest BCUT2D eigenvalue weighted by atomic mass is 10.2. The number of fused-ring (bicyclic) bond motifs is 1. The van der Waals surface area contributed by atoms with Gasteiger partial charge in [-0.1, -0.05) is 6.07 Å². The minimum Gasteiger partial charge on any atom is -0.478 e. The topological polar surface area (TPSA) is 72.4 Å². The third-order valence-electron chi connectivity index (χ3n) is 3.13. The van der Waals surface area contributed by atoms with Crippen LogP contribution in [0.4, 0.5) is 0 Å². The van der Waals surface area contributed by atoms with Gasteiger partial charge in [0.1, 0.15) is 17.0 Å². The van der Waals surface area contributed by atoms with Crippen LogP contribution in [0, 0.1) is 13.8 Å². The first-order chi connectivity index (χ1) is 9.09. The van der Waals surface area contributed by atoms with Crippen LogP contribution in [0.15, 0.2) is 30.6 Å². The van der Waals surface area contributed by atoms with Gasteiger partial charge in [-0.15, -0.1) is 0 Å². The molecule has 0 aliphatic carbocycles. The molecule has 19 heavy (non-hydrogen) atoms. The predicted octanol–water partition coefficient (Wildman–Crippen LogP) is 1.84. The highest BCUT2D eigenvalue weighted by molar-refractivity contribution is 5.90. The molecule has 0 amide bonds. The maximum absolute atomic E-state index is 11.2. The van der Waals surface area contributed by atoms with E-state index < -0.39 is 5.97 Å². The molecule has 6 nitrogen and oxygen atoms in total. The fraction of sp³-hybridized carbons (Fsp3) is 0.154. The number of carboxylic acids is 1. The van der Waals surface area contributed by atoms with Gasteiger partial charge in [0.25, 0.3) is 0 Å². The van der Waals surface area contributed by atoms with Crippen LogP contribution in [-0.2, 0) is 0 Å². The smallest absolute Gasteiger partial charge is 0.339 e. The van der Waals surface area contributed by atoms with Crippen LogP contribution in [0.1, 0.15) is 21.7 Å². The Labute approximate surface area is 108 Å². The number of aromatic carboxylic acids is 1. The van der Waals surface area contributed by atoms with Crippen molar-refractivity contribution >= 4 is 11.6 Å². The fourth-order valence-electron chi connectivity index (χ4n) is 2.28. The molecule has 6 heteroatoms. The van der Waals surface area contributed by atoms with Crippen molar-refractivity contribution in [1.82, 2.24) is 19.2 Å². The van der Waals surface area contributed by atoms with Crippen molar-refractivity contribution in [3.63, 3.8) is 0 Å². The van der Waals surface area contributed by atoms with E-state index in [1.807, 2.05) is 28.8 Å². The maximum atomic E-state index is 11.2. The number of hydrogen-bond acceptors (Lipinski definition) is 3. The molecule has 0 radical (unpaired) electrons. The fourth-order valence-corrected chi connectivity index (χ4v) is 2.28. The molecule has 3 aromatic heterocycles. The van der Waals surface area contributed by atoms with Gasteiger partial charge in [-0.25, -0.2) is 14.5 Å². The van der Waals surface area contributed by atoms with Gasteiger partial charge in [-0.2, -0.15) is 5.10 Å². The molecule has 0 aliphatic heterocycles. The third-order valence-corrected chi connectivity index (χ3v) is 3.13. The summed E-state index contributed by atoms with van der Waals surface area (Å²) >= 11 is 0. The zero-order chi connectivity index (χ0) is 13.6. The molecule has 0 unspecified atom stereocenters. The summed E-state index contributed by atoms with van der Waals surface area (Å²) in [6, 6.07) is 5.63. The number of imidazole rings is 1. The average molecular weight is 256 g/mol. The SMILES string of the molecule is Cc1nn(-c2cccc3nccn23)c(C)c1C(=O)O. The summed E-state index contributed by atoms with van der Waals surface area (Å²) < 4.78 is 3.50. The van der Waals surface area contributed by atoms with Gasteiger partial charge in [0.15, 0.2) is 0 Å². The molecule has 0 aliphatic rings. The second kappa shape index (κ2) is 3.94. The molecule has 3 rings (SSSR count). The van der Waals surface area contributed by atoms with E-state index in [1.165, 1.54) is 0 Å². The molecule has 0 spiro atoms. The second-order valence-corrected chi connectivity index (χ2v) is 4.30. The van der Waals surface area contributed by atoms with Gasteiger partial charge >= 0.3 is 5.97 Å². The summed E-state index contributed by atoms with van der Waals surface area (Å²) in [7, 11) is 0. The Morgan fingerprint density at radius 2 is 2.11 bits per heavy atom. The van der Waals surface area contributed by atoms with Crippen molar-refractivity contribution in [2.75, 3.05) is 0 Å². The second-order valence-electron chi connectivity index (χ2n) is 4.30. The highest BCUT2D eigenvalue weighted by atomic mass is 16.4.